The van der Waals surface area contributed by atoms with Gasteiger partial charge in [-0.15, -0.1) is 11.3 Å². The molecule has 4 rings (SSSR count). The SMILES string of the molecule is O=C(Cn1nc(-c2cccs2)ccc1=O)Nc1nc2ccccc2s1. The van der Waals surface area contributed by atoms with Crippen LogP contribution >= 0.6 is 22.7 Å². The minimum atomic E-state index is -0.336. The average Bonchev–Trinajstić information content (AvgIpc) is 3.25. The molecule has 0 fully saturated rings. The minimum Gasteiger partial charge on any atom is -0.300 e. The Hall–Kier alpha value is -2.84. The molecule has 0 spiro atoms. The van der Waals surface area contributed by atoms with Gasteiger partial charge in [0.05, 0.1) is 15.1 Å². The molecule has 25 heavy (non-hydrogen) atoms. The third kappa shape index (κ3) is 3.35. The Morgan fingerprint density at radius 2 is 2.00 bits per heavy atom. The number of amides is 1. The lowest BCUT2D eigenvalue weighted by Crippen LogP contribution is -2.29. The molecule has 3 aromatic heterocycles. The smallest absolute Gasteiger partial charge is 0.267 e. The van der Waals surface area contributed by atoms with Crippen LogP contribution in [0.3, 0.4) is 0 Å². The van der Waals surface area contributed by atoms with Gasteiger partial charge in [-0.2, -0.15) is 5.10 Å². The van der Waals surface area contributed by atoms with Crippen molar-refractivity contribution in [2.45, 2.75) is 6.54 Å². The van der Waals surface area contributed by atoms with Crippen molar-refractivity contribution in [1.29, 1.82) is 0 Å². The van der Waals surface area contributed by atoms with E-state index in [4.69, 9.17) is 0 Å². The number of hydrogen-bond acceptors (Lipinski definition) is 6. The summed E-state index contributed by atoms with van der Waals surface area (Å²) in [6.45, 7) is -0.159. The predicted octanol–water partition coefficient (Wildman–Crippen LogP) is 3.22. The van der Waals surface area contributed by atoms with E-state index in [1.165, 1.54) is 28.7 Å². The highest BCUT2D eigenvalue weighted by Crippen LogP contribution is 2.25. The van der Waals surface area contributed by atoms with Crippen molar-refractivity contribution in [3.63, 3.8) is 0 Å². The van der Waals surface area contributed by atoms with E-state index in [2.05, 4.69) is 15.4 Å². The Bertz CT molecular complexity index is 1070. The van der Waals surface area contributed by atoms with Crippen LogP contribution < -0.4 is 10.9 Å². The molecule has 0 aliphatic carbocycles. The molecule has 0 atom stereocenters. The van der Waals surface area contributed by atoms with Crippen LogP contribution in [0.2, 0.25) is 0 Å². The van der Waals surface area contributed by atoms with Gasteiger partial charge < -0.3 is 5.32 Å². The summed E-state index contributed by atoms with van der Waals surface area (Å²) in [6.07, 6.45) is 0. The van der Waals surface area contributed by atoms with Gasteiger partial charge in [-0.3, -0.25) is 9.59 Å². The van der Waals surface area contributed by atoms with Crippen LogP contribution in [0, 0.1) is 0 Å². The fraction of sp³-hybridized carbons (Fsp3) is 0.0588. The zero-order valence-electron chi connectivity index (χ0n) is 12.9. The van der Waals surface area contributed by atoms with Crippen LogP contribution in [0.4, 0.5) is 5.13 Å². The molecule has 1 N–H and O–H groups in total. The molecule has 4 aromatic rings. The molecule has 0 saturated carbocycles. The lowest BCUT2D eigenvalue weighted by Gasteiger charge is -2.05. The largest absolute Gasteiger partial charge is 0.300 e. The number of nitrogens with one attached hydrogen (secondary N) is 1. The lowest BCUT2D eigenvalue weighted by atomic mass is 10.3. The van der Waals surface area contributed by atoms with Crippen molar-refractivity contribution in [2.75, 3.05) is 5.32 Å². The van der Waals surface area contributed by atoms with E-state index in [0.29, 0.717) is 10.8 Å². The number of benzene rings is 1. The van der Waals surface area contributed by atoms with Crippen LogP contribution in [-0.2, 0) is 11.3 Å². The van der Waals surface area contributed by atoms with Crippen molar-refractivity contribution in [2.24, 2.45) is 0 Å². The van der Waals surface area contributed by atoms with Crippen LogP contribution in [-0.4, -0.2) is 20.7 Å². The molecule has 0 saturated heterocycles. The summed E-state index contributed by atoms with van der Waals surface area (Å²) in [7, 11) is 0. The number of nitrogens with zero attached hydrogens (tertiary/aromatic N) is 3. The van der Waals surface area contributed by atoms with Crippen LogP contribution in [0.25, 0.3) is 20.8 Å². The van der Waals surface area contributed by atoms with E-state index >= 15 is 0 Å². The van der Waals surface area contributed by atoms with Gasteiger partial charge in [-0.05, 0) is 29.6 Å². The van der Waals surface area contributed by atoms with Crippen molar-refractivity contribution >= 4 is 43.9 Å². The summed E-state index contributed by atoms with van der Waals surface area (Å²) in [6, 6.07) is 14.6. The zero-order valence-corrected chi connectivity index (χ0v) is 14.5. The maximum atomic E-state index is 12.3. The van der Waals surface area contributed by atoms with Gasteiger partial charge in [-0.1, -0.05) is 29.5 Å². The zero-order chi connectivity index (χ0) is 17.2. The first-order valence-electron chi connectivity index (χ1n) is 7.46. The topological polar surface area (TPSA) is 76.9 Å². The van der Waals surface area contributed by atoms with E-state index in [1.807, 2.05) is 41.8 Å². The summed E-state index contributed by atoms with van der Waals surface area (Å²) in [5, 5.41) is 9.45. The van der Waals surface area contributed by atoms with Gasteiger partial charge in [-0.25, -0.2) is 9.67 Å². The highest BCUT2D eigenvalue weighted by Gasteiger charge is 2.11. The minimum absolute atomic E-state index is 0.159. The van der Waals surface area contributed by atoms with Crippen LogP contribution in [0.1, 0.15) is 0 Å². The van der Waals surface area contributed by atoms with E-state index in [1.54, 1.807) is 6.07 Å². The maximum absolute atomic E-state index is 12.3. The number of thiazole rings is 1. The Kier molecular flexibility index (Phi) is 4.12. The summed E-state index contributed by atoms with van der Waals surface area (Å²) < 4.78 is 2.16. The summed E-state index contributed by atoms with van der Waals surface area (Å²) >= 11 is 2.92. The van der Waals surface area contributed by atoms with Crippen LogP contribution in [0.5, 0.6) is 0 Å². The molecular weight excluding hydrogens is 356 g/mol. The number of anilines is 1. The Labute approximate surface area is 150 Å². The van der Waals surface area contributed by atoms with E-state index in [-0.39, 0.29) is 18.0 Å². The molecule has 0 aliphatic heterocycles. The molecule has 6 nitrogen and oxygen atoms in total. The molecular formula is C17H12N4O2S2. The predicted molar refractivity (Wildman–Crippen MR) is 100 cm³/mol. The van der Waals surface area contributed by atoms with Gasteiger partial charge in [0.25, 0.3) is 5.56 Å². The molecule has 1 amide bonds. The number of carbonyl (C=O) groups excluding carboxylic acids is 1. The number of para-hydroxylation sites is 1. The standard InChI is InChI=1S/C17H12N4O2S2/c22-15(19-17-18-11-4-1-2-5-14(11)25-17)10-21-16(23)8-7-12(20-21)13-6-3-9-24-13/h1-9H,10H2,(H,18,19,22). The molecule has 0 unspecified atom stereocenters. The molecule has 3 heterocycles. The number of thiophene rings is 1. The van der Waals surface area contributed by atoms with Crippen molar-refractivity contribution in [3.05, 3.63) is 64.3 Å². The summed E-state index contributed by atoms with van der Waals surface area (Å²) in [5.74, 6) is -0.336. The second-order valence-electron chi connectivity index (χ2n) is 5.23. The van der Waals surface area contributed by atoms with E-state index in [9.17, 15) is 9.59 Å². The average molecular weight is 368 g/mol. The number of carbonyl (C=O) groups is 1. The quantitative estimate of drug-likeness (QED) is 0.600. The second-order valence-corrected chi connectivity index (χ2v) is 7.21. The fourth-order valence-electron chi connectivity index (χ4n) is 2.34. The third-order valence-electron chi connectivity index (χ3n) is 3.47. The first-order valence-corrected chi connectivity index (χ1v) is 9.16. The fourth-order valence-corrected chi connectivity index (χ4v) is 3.91. The summed E-state index contributed by atoms with van der Waals surface area (Å²) in [5.41, 5.74) is 1.18. The number of rotatable bonds is 4. The van der Waals surface area contributed by atoms with Gasteiger partial charge in [0.15, 0.2) is 5.13 Å². The lowest BCUT2D eigenvalue weighted by molar-refractivity contribution is -0.117. The molecule has 1 aromatic carbocycles. The highest BCUT2D eigenvalue weighted by atomic mass is 32.1. The first kappa shape index (κ1) is 15.7. The van der Waals surface area contributed by atoms with Crippen molar-refractivity contribution in [1.82, 2.24) is 14.8 Å². The molecule has 0 aliphatic rings. The molecule has 0 bridgehead atoms. The Morgan fingerprint density at radius 3 is 2.80 bits per heavy atom. The van der Waals surface area contributed by atoms with Crippen molar-refractivity contribution < 1.29 is 4.79 Å². The highest BCUT2D eigenvalue weighted by molar-refractivity contribution is 7.22. The molecule has 124 valence electrons. The number of hydrogen-bond donors (Lipinski definition) is 1. The van der Waals surface area contributed by atoms with Gasteiger partial charge >= 0.3 is 0 Å². The monoisotopic (exact) mass is 368 g/mol. The van der Waals surface area contributed by atoms with Crippen LogP contribution in [0.15, 0.2) is 58.7 Å². The van der Waals surface area contributed by atoms with Gasteiger partial charge in [0.2, 0.25) is 5.91 Å². The Balaban J connectivity index is 1.54. The Morgan fingerprint density at radius 1 is 1.12 bits per heavy atom. The van der Waals surface area contributed by atoms with Crippen molar-refractivity contribution in [3.8, 4) is 10.6 Å². The van der Waals surface area contributed by atoms with E-state index in [0.717, 1.165) is 19.8 Å². The molecule has 8 heteroatoms. The third-order valence-corrected chi connectivity index (χ3v) is 5.32. The maximum Gasteiger partial charge on any atom is 0.267 e. The van der Waals surface area contributed by atoms with Gasteiger partial charge in [0, 0.05) is 6.07 Å². The van der Waals surface area contributed by atoms with Gasteiger partial charge in [0.1, 0.15) is 12.2 Å². The summed E-state index contributed by atoms with van der Waals surface area (Å²) in [4.78, 5) is 29.5. The van der Waals surface area contributed by atoms with E-state index < -0.39 is 0 Å². The number of fused-ring (bicyclic) bond motifs is 1. The normalized spacial score (nSPS) is 10.9. The second kappa shape index (κ2) is 6.58. The number of aromatic nitrogens is 3. The first-order chi connectivity index (χ1) is 12.2. The molecule has 0 radical (unpaired) electrons.